The normalized spacial score (nSPS) is 28.5. The molecule has 1 aliphatic rings. The van der Waals surface area contributed by atoms with Crippen LogP contribution in [0.2, 0.25) is 0 Å². The monoisotopic (exact) mass is 205 g/mol. The van der Waals surface area contributed by atoms with E-state index in [1.54, 1.807) is 0 Å². The van der Waals surface area contributed by atoms with Crippen molar-refractivity contribution in [2.24, 2.45) is 5.92 Å². The van der Waals surface area contributed by atoms with Crippen molar-refractivity contribution in [2.45, 2.75) is 31.7 Å². The van der Waals surface area contributed by atoms with Crippen LogP contribution >= 0.6 is 11.6 Å². The third kappa shape index (κ3) is 3.53. The number of nitrogens with one attached hydrogen (secondary N) is 1. The molecule has 2 atom stereocenters. The SMILES string of the molecule is O=C(CCl)NC1CCCC(CO)C1. The average Bonchev–Trinajstić information content (AvgIpc) is 2.18. The Hall–Kier alpha value is -0.280. The van der Waals surface area contributed by atoms with Crippen LogP contribution in [-0.2, 0) is 4.79 Å². The smallest absolute Gasteiger partial charge is 0.235 e. The molecule has 0 saturated heterocycles. The summed E-state index contributed by atoms with van der Waals surface area (Å²) < 4.78 is 0. The highest BCUT2D eigenvalue weighted by Gasteiger charge is 2.22. The molecule has 0 heterocycles. The average molecular weight is 206 g/mol. The zero-order chi connectivity index (χ0) is 9.68. The molecule has 76 valence electrons. The summed E-state index contributed by atoms with van der Waals surface area (Å²) in [7, 11) is 0. The lowest BCUT2D eigenvalue weighted by atomic mass is 9.86. The number of halogens is 1. The number of hydrogen-bond donors (Lipinski definition) is 2. The van der Waals surface area contributed by atoms with Gasteiger partial charge in [-0.3, -0.25) is 4.79 Å². The van der Waals surface area contributed by atoms with Gasteiger partial charge in [-0.1, -0.05) is 6.42 Å². The zero-order valence-electron chi connectivity index (χ0n) is 7.63. The van der Waals surface area contributed by atoms with E-state index in [0.717, 1.165) is 25.7 Å². The van der Waals surface area contributed by atoms with E-state index < -0.39 is 0 Å². The molecule has 2 N–H and O–H groups in total. The van der Waals surface area contributed by atoms with Crippen LogP contribution in [0.1, 0.15) is 25.7 Å². The van der Waals surface area contributed by atoms with Crippen molar-refractivity contribution in [3.8, 4) is 0 Å². The van der Waals surface area contributed by atoms with Gasteiger partial charge in [0.15, 0.2) is 0 Å². The Balaban J connectivity index is 2.29. The van der Waals surface area contributed by atoms with Crippen LogP contribution in [0.15, 0.2) is 0 Å². The van der Waals surface area contributed by atoms with Crippen LogP contribution in [0.5, 0.6) is 0 Å². The van der Waals surface area contributed by atoms with Gasteiger partial charge in [0.05, 0.1) is 0 Å². The second-order valence-electron chi connectivity index (χ2n) is 3.61. The fourth-order valence-electron chi connectivity index (χ4n) is 1.85. The molecule has 0 radical (unpaired) electrons. The molecule has 1 saturated carbocycles. The topological polar surface area (TPSA) is 49.3 Å². The van der Waals surface area contributed by atoms with Crippen molar-refractivity contribution in [2.75, 3.05) is 12.5 Å². The third-order valence-electron chi connectivity index (χ3n) is 2.53. The highest BCUT2D eigenvalue weighted by atomic mass is 35.5. The van der Waals surface area contributed by atoms with Crippen LogP contribution < -0.4 is 5.32 Å². The molecule has 0 bridgehead atoms. The summed E-state index contributed by atoms with van der Waals surface area (Å²) in [6.07, 6.45) is 4.06. The molecule has 1 aliphatic carbocycles. The largest absolute Gasteiger partial charge is 0.396 e. The number of alkyl halides is 1. The third-order valence-corrected chi connectivity index (χ3v) is 2.77. The second-order valence-corrected chi connectivity index (χ2v) is 3.88. The summed E-state index contributed by atoms with van der Waals surface area (Å²) in [4.78, 5) is 11.0. The maximum atomic E-state index is 11.0. The van der Waals surface area contributed by atoms with Crippen LogP contribution in [0.25, 0.3) is 0 Å². The quantitative estimate of drug-likeness (QED) is 0.673. The Morgan fingerprint density at radius 2 is 2.31 bits per heavy atom. The Kier molecular flexibility index (Phi) is 4.53. The van der Waals surface area contributed by atoms with E-state index in [2.05, 4.69) is 5.32 Å². The molecule has 1 fully saturated rings. The molecule has 13 heavy (non-hydrogen) atoms. The number of rotatable bonds is 3. The molecule has 1 amide bonds. The van der Waals surface area contributed by atoms with Gasteiger partial charge in [-0.2, -0.15) is 0 Å². The van der Waals surface area contributed by atoms with Gasteiger partial charge in [-0.25, -0.2) is 0 Å². The first kappa shape index (κ1) is 10.8. The predicted octanol–water partition coefficient (Wildman–Crippen LogP) is 0.893. The molecule has 4 heteroatoms. The molecule has 2 unspecified atom stereocenters. The lowest BCUT2D eigenvalue weighted by Crippen LogP contribution is -2.39. The molecule has 0 aromatic heterocycles. The Morgan fingerprint density at radius 3 is 2.92 bits per heavy atom. The Morgan fingerprint density at radius 1 is 1.54 bits per heavy atom. The second kappa shape index (κ2) is 5.45. The Labute approximate surface area is 83.5 Å². The van der Waals surface area contributed by atoms with Crippen molar-refractivity contribution < 1.29 is 9.90 Å². The van der Waals surface area contributed by atoms with Crippen molar-refractivity contribution in [3.63, 3.8) is 0 Å². The number of carbonyl (C=O) groups excluding carboxylic acids is 1. The first-order valence-electron chi connectivity index (χ1n) is 4.72. The van der Waals surface area contributed by atoms with Crippen LogP contribution in [0, 0.1) is 5.92 Å². The lowest BCUT2D eigenvalue weighted by molar-refractivity contribution is -0.119. The maximum absolute atomic E-state index is 11.0. The van der Waals surface area contributed by atoms with E-state index in [1.807, 2.05) is 0 Å². The lowest BCUT2D eigenvalue weighted by Gasteiger charge is -2.28. The van der Waals surface area contributed by atoms with Gasteiger partial charge in [-0.05, 0) is 25.2 Å². The highest BCUT2D eigenvalue weighted by Crippen LogP contribution is 2.23. The van der Waals surface area contributed by atoms with E-state index in [0.29, 0.717) is 5.92 Å². The van der Waals surface area contributed by atoms with Crippen LogP contribution in [0.4, 0.5) is 0 Å². The van der Waals surface area contributed by atoms with Gasteiger partial charge in [0.2, 0.25) is 5.91 Å². The highest BCUT2D eigenvalue weighted by molar-refractivity contribution is 6.27. The van der Waals surface area contributed by atoms with E-state index in [1.165, 1.54) is 0 Å². The standard InChI is InChI=1S/C9H16ClNO2/c10-5-9(13)11-8-3-1-2-7(4-8)6-12/h7-8,12H,1-6H2,(H,11,13). The minimum absolute atomic E-state index is 0.0281. The van der Waals surface area contributed by atoms with E-state index in [-0.39, 0.29) is 24.4 Å². The fourth-order valence-corrected chi connectivity index (χ4v) is 1.93. The molecule has 0 aliphatic heterocycles. The summed E-state index contributed by atoms with van der Waals surface area (Å²) in [5.41, 5.74) is 0. The molecule has 0 aromatic rings. The zero-order valence-corrected chi connectivity index (χ0v) is 8.39. The van der Waals surface area contributed by atoms with Crippen molar-refractivity contribution >= 4 is 17.5 Å². The summed E-state index contributed by atoms with van der Waals surface area (Å²) in [6.45, 7) is 0.229. The van der Waals surface area contributed by atoms with E-state index in [9.17, 15) is 4.79 Å². The minimum atomic E-state index is -0.106. The van der Waals surface area contributed by atoms with Gasteiger partial charge < -0.3 is 10.4 Å². The van der Waals surface area contributed by atoms with Gasteiger partial charge >= 0.3 is 0 Å². The van der Waals surface area contributed by atoms with Crippen LogP contribution in [-0.4, -0.2) is 29.5 Å². The summed E-state index contributed by atoms with van der Waals surface area (Å²) in [5, 5.41) is 11.8. The van der Waals surface area contributed by atoms with E-state index in [4.69, 9.17) is 16.7 Å². The minimum Gasteiger partial charge on any atom is -0.396 e. The maximum Gasteiger partial charge on any atom is 0.235 e. The van der Waals surface area contributed by atoms with Crippen molar-refractivity contribution in [3.05, 3.63) is 0 Å². The number of carbonyl (C=O) groups is 1. The summed E-state index contributed by atoms with van der Waals surface area (Å²) in [6, 6.07) is 0.220. The first-order valence-corrected chi connectivity index (χ1v) is 5.26. The first-order chi connectivity index (χ1) is 6.26. The molecular weight excluding hydrogens is 190 g/mol. The Bertz CT molecular complexity index is 175. The number of hydrogen-bond acceptors (Lipinski definition) is 2. The number of aliphatic hydroxyl groups is 1. The van der Waals surface area contributed by atoms with Gasteiger partial charge in [0.1, 0.15) is 5.88 Å². The molecule has 1 rings (SSSR count). The van der Waals surface area contributed by atoms with E-state index >= 15 is 0 Å². The van der Waals surface area contributed by atoms with Crippen molar-refractivity contribution in [1.29, 1.82) is 0 Å². The predicted molar refractivity (Wildman–Crippen MR) is 51.7 cm³/mol. The summed E-state index contributed by atoms with van der Waals surface area (Å²) >= 11 is 5.38. The summed E-state index contributed by atoms with van der Waals surface area (Å²) in [5.74, 6) is 0.278. The van der Waals surface area contributed by atoms with Crippen LogP contribution in [0.3, 0.4) is 0 Å². The van der Waals surface area contributed by atoms with Gasteiger partial charge in [0.25, 0.3) is 0 Å². The fraction of sp³-hybridized carbons (Fsp3) is 0.889. The van der Waals surface area contributed by atoms with Crippen molar-refractivity contribution in [1.82, 2.24) is 5.32 Å². The number of aliphatic hydroxyl groups excluding tert-OH is 1. The molecule has 0 spiro atoms. The number of amides is 1. The van der Waals surface area contributed by atoms with Gasteiger partial charge in [-0.15, -0.1) is 11.6 Å². The molecular formula is C9H16ClNO2. The molecule has 0 aromatic carbocycles. The molecule has 3 nitrogen and oxygen atoms in total. The van der Waals surface area contributed by atoms with Gasteiger partial charge in [0, 0.05) is 12.6 Å².